The molecule has 0 saturated heterocycles. The van der Waals surface area contributed by atoms with Gasteiger partial charge in [0.1, 0.15) is 10.8 Å². The minimum absolute atomic E-state index is 0.411. The molecule has 0 aliphatic heterocycles. The van der Waals surface area contributed by atoms with Crippen LogP contribution in [0.4, 0.5) is 11.8 Å². The Morgan fingerprint density at radius 3 is 2.73 bits per heavy atom. The Hall–Kier alpha value is -2.58. The van der Waals surface area contributed by atoms with Gasteiger partial charge in [-0.1, -0.05) is 12.1 Å². The minimum atomic E-state index is 0.411. The zero-order chi connectivity index (χ0) is 22.2. The van der Waals surface area contributed by atoms with E-state index in [9.17, 15) is 0 Å². The number of aryl methyl sites for hydroxylation is 1. The fourth-order valence-corrected chi connectivity index (χ4v) is 6.53. The van der Waals surface area contributed by atoms with Gasteiger partial charge >= 0.3 is 0 Å². The predicted octanol–water partition coefficient (Wildman–Crippen LogP) is 6.16. The highest BCUT2D eigenvalue weighted by Gasteiger charge is 2.28. The lowest BCUT2D eigenvalue weighted by Gasteiger charge is -2.18. The first-order valence-electron chi connectivity index (χ1n) is 11.8. The molecule has 1 aromatic carbocycles. The van der Waals surface area contributed by atoms with E-state index < -0.39 is 0 Å². The van der Waals surface area contributed by atoms with Gasteiger partial charge in [-0.3, -0.25) is 0 Å². The first-order valence-corrected chi connectivity index (χ1v) is 13.5. The van der Waals surface area contributed by atoms with Gasteiger partial charge in [-0.05, 0) is 63.0 Å². The Morgan fingerprint density at radius 1 is 1.03 bits per heavy atom. The molecule has 6 rings (SSSR count). The van der Waals surface area contributed by atoms with Crippen LogP contribution in [0.2, 0.25) is 0 Å². The van der Waals surface area contributed by atoms with Crippen LogP contribution in [0.3, 0.4) is 0 Å². The number of benzene rings is 1. The average Bonchev–Trinajstić information content (AvgIpc) is 3.15. The van der Waals surface area contributed by atoms with Crippen molar-refractivity contribution in [2.45, 2.75) is 51.5 Å². The van der Waals surface area contributed by atoms with Crippen LogP contribution in [-0.4, -0.2) is 32.5 Å². The monoisotopic (exact) mass is 476 g/mol. The summed E-state index contributed by atoms with van der Waals surface area (Å²) in [5.41, 5.74) is 3.04. The maximum absolute atomic E-state index is 4.97. The summed E-state index contributed by atoms with van der Waals surface area (Å²) >= 11 is 3.48. The molecule has 33 heavy (non-hydrogen) atoms. The lowest BCUT2D eigenvalue weighted by atomic mass is 10.0. The topological polar surface area (TPSA) is 75.6 Å². The number of nitrogens with one attached hydrogen (secondary N) is 2. The molecule has 2 aliphatic carbocycles. The molecule has 0 radical (unpaired) electrons. The van der Waals surface area contributed by atoms with Crippen molar-refractivity contribution < 1.29 is 0 Å². The molecule has 8 heteroatoms. The second-order valence-electron chi connectivity index (χ2n) is 9.32. The summed E-state index contributed by atoms with van der Waals surface area (Å²) in [5.74, 6) is 3.09. The molecular weight excluding hydrogens is 448 g/mol. The maximum Gasteiger partial charge on any atom is 0.224 e. The van der Waals surface area contributed by atoms with E-state index in [1.807, 2.05) is 12.3 Å². The number of anilines is 2. The summed E-state index contributed by atoms with van der Waals surface area (Å²) in [6, 6.07) is 8.73. The summed E-state index contributed by atoms with van der Waals surface area (Å²) in [6.07, 6.45) is 9.14. The van der Waals surface area contributed by atoms with E-state index in [1.54, 1.807) is 22.7 Å². The first kappa shape index (κ1) is 21.0. The van der Waals surface area contributed by atoms with Crippen molar-refractivity contribution in [3.8, 4) is 10.6 Å². The van der Waals surface area contributed by atoms with Crippen LogP contribution in [0.25, 0.3) is 20.8 Å². The van der Waals surface area contributed by atoms with Crippen LogP contribution in [0, 0.1) is 18.8 Å². The highest BCUT2D eigenvalue weighted by atomic mass is 32.1. The summed E-state index contributed by atoms with van der Waals surface area (Å²) in [4.78, 5) is 19.2. The van der Waals surface area contributed by atoms with Crippen molar-refractivity contribution in [2.75, 3.05) is 17.2 Å². The van der Waals surface area contributed by atoms with E-state index >= 15 is 0 Å². The third-order valence-corrected chi connectivity index (χ3v) is 8.53. The third kappa shape index (κ3) is 4.73. The van der Waals surface area contributed by atoms with Crippen LogP contribution in [0.15, 0.2) is 35.8 Å². The van der Waals surface area contributed by atoms with Crippen molar-refractivity contribution in [3.05, 3.63) is 46.5 Å². The number of aromatic nitrogens is 4. The van der Waals surface area contributed by atoms with Crippen LogP contribution >= 0.6 is 22.7 Å². The second-order valence-corrected chi connectivity index (χ2v) is 11.3. The number of hydrogen-bond acceptors (Lipinski definition) is 8. The Morgan fingerprint density at radius 2 is 1.91 bits per heavy atom. The molecule has 2 atom stereocenters. The molecule has 170 valence electrons. The summed E-state index contributed by atoms with van der Waals surface area (Å²) in [6.45, 7) is 3.04. The Bertz CT molecular complexity index is 1210. The minimum Gasteiger partial charge on any atom is -0.367 e. The molecule has 2 aliphatic rings. The lowest BCUT2D eigenvalue weighted by Crippen LogP contribution is -2.19. The highest BCUT2D eigenvalue weighted by Crippen LogP contribution is 2.38. The standard InChI is InChI=1S/C25H28N6S2/c1-15-22(24-30-19-4-2-3-5-20(19)33-24)23(31-25(28-15)27-14-16-6-7-16)29-18-9-8-17(12-18)13-21-26-10-11-32-21/h2-5,10-11,16-18H,6-9,12-14H2,1H3,(H2,27,28,29,31). The summed E-state index contributed by atoms with van der Waals surface area (Å²) < 4.78 is 1.19. The van der Waals surface area contributed by atoms with Gasteiger partial charge in [0.05, 0.1) is 26.5 Å². The number of hydrogen-bond donors (Lipinski definition) is 2. The number of nitrogens with zero attached hydrogens (tertiary/aromatic N) is 4. The van der Waals surface area contributed by atoms with Gasteiger partial charge in [-0.15, -0.1) is 22.7 Å². The van der Waals surface area contributed by atoms with Gasteiger partial charge in [-0.2, -0.15) is 4.98 Å². The first-order chi connectivity index (χ1) is 16.2. The Balaban J connectivity index is 1.28. The number of para-hydroxylation sites is 1. The number of fused-ring (bicyclic) bond motifs is 1. The van der Waals surface area contributed by atoms with Crippen molar-refractivity contribution in [3.63, 3.8) is 0 Å². The van der Waals surface area contributed by atoms with Crippen LogP contribution in [0.1, 0.15) is 42.8 Å². The maximum atomic E-state index is 4.97. The van der Waals surface area contributed by atoms with Crippen LogP contribution in [-0.2, 0) is 6.42 Å². The van der Waals surface area contributed by atoms with Crippen molar-refractivity contribution in [2.24, 2.45) is 11.8 Å². The molecule has 2 unspecified atom stereocenters. The Labute approximate surface area is 201 Å². The highest BCUT2D eigenvalue weighted by molar-refractivity contribution is 7.21. The van der Waals surface area contributed by atoms with E-state index in [1.165, 1.54) is 29.0 Å². The molecule has 0 spiro atoms. The van der Waals surface area contributed by atoms with Gasteiger partial charge in [0, 0.05) is 30.6 Å². The van der Waals surface area contributed by atoms with Crippen LogP contribution in [0.5, 0.6) is 0 Å². The smallest absolute Gasteiger partial charge is 0.224 e. The number of thiazole rings is 2. The normalized spacial score (nSPS) is 20.4. The van der Waals surface area contributed by atoms with Gasteiger partial charge in [0.25, 0.3) is 0 Å². The molecule has 4 aromatic rings. The predicted molar refractivity (Wildman–Crippen MR) is 137 cm³/mol. The van der Waals surface area contributed by atoms with Crippen molar-refractivity contribution >= 4 is 44.7 Å². The van der Waals surface area contributed by atoms with E-state index in [0.717, 1.165) is 65.3 Å². The molecule has 0 bridgehead atoms. The average molecular weight is 477 g/mol. The largest absolute Gasteiger partial charge is 0.367 e. The van der Waals surface area contributed by atoms with Gasteiger partial charge in [-0.25, -0.2) is 15.0 Å². The van der Waals surface area contributed by atoms with E-state index in [0.29, 0.717) is 12.0 Å². The molecule has 2 fully saturated rings. The molecule has 2 N–H and O–H groups in total. The Kier molecular flexibility index (Phi) is 5.72. The third-order valence-electron chi connectivity index (χ3n) is 6.67. The van der Waals surface area contributed by atoms with E-state index in [4.69, 9.17) is 15.0 Å². The second kappa shape index (κ2) is 8.99. The molecule has 0 amide bonds. The van der Waals surface area contributed by atoms with Gasteiger partial charge in [0.15, 0.2) is 0 Å². The van der Waals surface area contributed by atoms with Crippen molar-refractivity contribution in [1.82, 2.24) is 19.9 Å². The molecule has 3 aromatic heterocycles. The number of rotatable bonds is 8. The fourth-order valence-electron chi connectivity index (χ4n) is 4.73. The summed E-state index contributed by atoms with van der Waals surface area (Å²) in [5, 5.41) is 11.6. The van der Waals surface area contributed by atoms with Crippen molar-refractivity contribution in [1.29, 1.82) is 0 Å². The lowest BCUT2D eigenvalue weighted by molar-refractivity contribution is 0.538. The van der Waals surface area contributed by atoms with Gasteiger partial charge in [0.2, 0.25) is 5.95 Å². The molecule has 3 heterocycles. The van der Waals surface area contributed by atoms with E-state index in [2.05, 4.69) is 46.1 Å². The van der Waals surface area contributed by atoms with Gasteiger partial charge < -0.3 is 10.6 Å². The molecule has 6 nitrogen and oxygen atoms in total. The fraction of sp³-hybridized carbons (Fsp3) is 0.440. The zero-order valence-electron chi connectivity index (χ0n) is 18.8. The SMILES string of the molecule is Cc1nc(NCC2CC2)nc(NC2CCC(Cc3nccs3)C2)c1-c1nc2ccccc2s1. The quantitative estimate of drug-likeness (QED) is 0.317. The molecule has 2 saturated carbocycles. The van der Waals surface area contributed by atoms with Crippen LogP contribution < -0.4 is 10.6 Å². The molecular formula is C25H28N6S2. The van der Waals surface area contributed by atoms with E-state index in [-0.39, 0.29) is 0 Å². The summed E-state index contributed by atoms with van der Waals surface area (Å²) in [7, 11) is 0. The zero-order valence-corrected chi connectivity index (χ0v) is 20.4.